The Hall–Kier alpha value is -3.15. The molecule has 0 radical (unpaired) electrons. The van der Waals surface area contributed by atoms with Crippen molar-refractivity contribution in [2.45, 2.75) is 13.0 Å². The summed E-state index contributed by atoms with van der Waals surface area (Å²) in [5.41, 5.74) is 1.74. The topological polar surface area (TPSA) is 92.0 Å². The molecular weight excluding hydrogens is 522 g/mol. The second kappa shape index (κ2) is 8.90. The van der Waals surface area contributed by atoms with Gasteiger partial charge in [0.05, 0.1) is 36.8 Å². The maximum absolute atomic E-state index is 12.9. The van der Waals surface area contributed by atoms with Gasteiger partial charge in [0, 0.05) is 15.6 Å². The number of hydrazone groups is 1. The van der Waals surface area contributed by atoms with Gasteiger partial charge in [-0.25, -0.2) is 0 Å². The van der Waals surface area contributed by atoms with Gasteiger partial charge in [-0.1, -0.05) is 42.0 Å². The second-order valence-corrected chi connectivity index (χ2v) is 9.59. The van der Waals surface area contributed by atoms with Crippen LogP contribution in [0.1, 0.15) is 23.1 Å². The fraction of sp³-hybridized carbons (Fsp3) is 0.280. The van der Waals surface area contributed by atoms with Gasteiger partial charge in [0.15, 0.2) is 11.5 Å². The summed E-state index contributed by atoms with van der Waals surface area (Å²) in [6.07, 6.45) is 6.36. The Balaban J connectivity index is 1.39. The number of fused-ring (bicyclic) bond motifs is 5. The van der Waals surface area contributed by atoms with Crippen molar-refractivity contribution in [2.24, 2.45) is 28.8 Å². The molecule has 2 amide bonds. The lowest BCUT2D eigenvalue weighted by Crippen LogP contribution is -2.28. The highest BCUT2D eigenvalue weighted by molar-refractivity contribution is 9.10. The number of carbonyl (C=O) groups excluding carboxylic acids is 2. The Labute approximate surface area is 209 Å². The molecular formula is C25H19BrClN3O4. The molecule has 2 bridgehead atoms. The zero-order valence-corrected chi connectivity index (χ0v) is 20.4. The largest absolute Gasteiger partial charge is 0.493 e. The van der Waals surface area contributed by atoms with Crippen molar-refractivity contribution in [1.29, 1.82) is 5.26 Å². The standard InChI is InChI=1S/C25H19BrClN3O4/c1-33-18-9-17(11-29-30-24(31)19-13-6-7-14(8-13)20(19)25(30)32)21(26)22(27)23(18)34-12-16-5-3-2-4-15(16)10-28/h2-7,9,11,13-14,19-20H,8,12H2,1H3/t13-,14-,19-,20+/m0/s1. The highest BCUT2D eigenvalue weighted by Crippen LogP contribution is 2.52. The van der Waals surface area contributed by atoms with Gasteiger partial charge in [-0.05, 0) is 46.3 Å². The van der Waals surface area contributed by atoms with E-state index in [4.69, 9.17) is 21.1 Å². The first-order chi connectivity index (χ1) is 16.4. The molecule has 0 N–H and O–H groups in total. The number of imide groups is 1. The fourth-order valence-corrected chi connectivity index (χ4v) is 5.66. The van der Waals surface area contributed by atoms with E-state index in [1.807, 2.05) is 18.2 Å². The molecule has 0 aromatic heterocycles. The molecule has 2 fully saturated rings. The van der Waals surface area contributed by atoms with Crippen LogP contribution in [-0.4, -0.2) is 30.1 Å². The van der Waals surface area contributed by atoms with Crippen LogP contribution in [0.3, 0.4) is 0 Å². The normalized spacial score (nSPS) is 24.7. The van der Waals surface area contributed by atoms with Crippen LogP contribution in [0.2, 0.25) is 5.02 Å². The van der Waals surface area contributed by atoms with Crippen LogP contribution in [0.5, 0.6) is 11.5 Å². The highest BCUT2D eigenvalue weighted by atomic mass is 79.9. The van der Waals surface area contributed by atoms with Gasteiger partial charge in [-0.15, -0.1) is 0 Å². The van der Waals surface area contributed by atoms with Crippen LogP contribution in [-0.2, 0) is 16.2 Å². The molecule has 7 nitrogen and oxygen atoms in total. The number of hydrogen-bond donors (Lipinski definition) is 0. The van der Waals surface area contributed by atoms with E-state index in [0.29, 0.717) is 32.7 Å². The number of amides is 2. The summed E-state index contributed by atoms with van der Waals surface area (Å²) in [6.45, 7) is 0.121. The average Bonchev–Trinajstić information content (AvgIpc) is 3.53. The maximum atomic E-state index is 12.9. The number of carbonyl (C=O) groups is 2. The van der Waals surface area contributed by atoms with Gasteiger partial charge in [0.25, 0.3) is 11.8 Å². The average molecular weight is 541 g/mol. The number of methoxy groups -OCH3 is 1. The van der Waals surface area contributed by atoms with Crippen molar-refractivity contribution >= 4 is 45.6 Å². The number of benzene rings is 2. The number of rotatable bonds is 6. The molecule has 2 aliphatic carbocycles. The lowest BCUT2D eigenvalue weighted by Gasteiger charge is -2.16. The third-order valence-corrected chi connectivity index (χ3v) is 8.09. The molecule has 0 unspecified atom stereocenters. The molecule has 172 valence electrons. The minimum Gasteiger partial charge on any atom is -0.493 e. The van der Waals surface area contributed by atoms with Crippen LogP contribution in [0.25, 0.3) is 0 Å². The summed E-state index contributed by atoms with van der Waals surface area (Å²) in [5, 5.41) is 14.7. The van der Waals surface area contributed by atoms with Crippen LogP contribution in [0.4, 0.5) is 0 Å². The molecule has 0 spiro atoms. The summed E-state index contributed by atoms with van der Waals surface area (Å²) in [7, 11) is 1.48. The minimum atomic E-state index is -0.312. The number of nitriles is 1. The van der Waals surface area contributed by atoms with Crippen molar-refractivity contribution < 1.29 is 19.1 Å². The predicted octanol–water partition coefficient (Wildman–Crippen LogP) is 4.70. The predicted molar refractivity (Wildman–Crippen MR) is 128 cm³/mol. The lowest BCUT2D eigenvalue weighted by atomic mass is 9.85. The van der Waals surface area contributed by atoms with E-state index in [9.17, 15) is 14.9 Å². The van der Waals surface area contributed by atoms with Crippen molar-refractivity contribution in [3.8, 4) is 17.6 Å². The van der Waals surface area contributed by atoms with Gasteiger partial charge < -0.3 is 9.47 Å². The number of nitrogens with zero attached hydrogens (tertiary/aromatic N) is 3. The molecule has 9 heteroatoms. The highest BCUT2D eigenvalue weighted by Gasteiger charge is 2.59. The Kier molecular flexibility index (Phi) is 5.92. The Morgan fingerprint density at radius 3 is 2.56 bits per heavy atom. The van der Waals surface area contributed by atoms with Crippen molar-refractivity contribution in [3.05, 3.63) is 68.7 Å². The Morgan fingerprint density at radius 1 is 1.24 bits per heavy atom. The SMILES string of the molecule is COc1cc(C=NN2C(=O)[C@@H]3[C@H](C2=O)[C@H]2C=C[C@H]3C2)c(Br)c(Cl)c1OCc1ccccc1C#N. The van der Waals surface area contributed by atoms with Gasteiger partial charge >= 0.3 is 0 Å². The molecule has 1 heterocycles. The molecule has 1 aliphatic heterocycles. The zero-order chi connectivity index (χ0) is 24.0. The number of ether oxygens (including phenoxy) is 2. The van der Waals surface area contributed by atoms with Crippen LogP contribution < -0.4 is 9.47 Å². The summed E-state index contributed by atoms with van der Waals surface area (Å²) < 4.78 is 11.8. The van der Waals surface area contributed by atoms with Gasteiger partial charge in [-0.3, -0.25) is 9.59 Å². The van der Waals surface area contributed by atoms with Gasteiger partial charge in [0.1, 0.15) is 11.6 Å². The molecule has 1 saturated heterocycles. The summed E-state index contributed by atoms with van der Waals surface area (Å²) in [5.74, 6) is -0.247. The quantitative estimate of drug-likeness (QED) is 0.301. The molecule has 5 rings (SSSR count). The first kappa shape index (κ1) is 22.6. The van der Waals surface area contributed by atoms with Gasteiger partial charge in [-0.2, -0.15) is 15.4 Å². The first-order valence-electron chi connectivity index (χ1n) is 10.7. The Morgan fingerprint density at radius 2 is 1.91 bits per heavy atom. The third-order valence-electron chi connectivity index (χ3n) is 6.64. The van der Waals surface area contributed by atoms with Crippen LogP contribution >= 0.6 is 27.5 Å². The van der Waals surface area contributed by atoms with Crippen molar-refractivity contribution in [2.75, 3.05) is 7.11 Å². The van der Waals surface area contributed by atoms with E-state index in [1.165, 1.54) is 13.3 Å². The van der Waals surface area contributed by atoms with E-state index in [0.717, 1.165) is 11.4 Å². The van der Waals surface area contributed by atoms with Crippen molar-refractivity contribution in [1.82, 2.24) is 5.01 Å². The zero-order valence-electron chi connectivity index (χ0n) is 18.1. The fourth-order valence-electron chi connectivity index (χ4n) is 5.01. The lowest BCUT2D eigenvalue weighted by molar-refractivity contribution is -0.140. The summed E-state index contributed by atoms with van der Waals surface area (Å²) in [6, 6.07) is 10.9. The Bertz CT molecular complexity index is 1270. The maximum Gasteiger partial charge on any atom is 0.254 e. The van der Waals surface area contributed by atoms with Crippen molar-refractivity contribution in [3.63, 3.8) is 0 Å². The number of halogens is 2. The summed E-state index contributed by atoms with van der Waals surface area (Å²) >= 11 is 10.0. The number of allylic oxidation sites excluding steroid dienone is 2. The van der Waals surface area contributed by atoms with Crippen LogP contribution in [0.15, 0.2) is 52.1 Å². The monoisotopic (exact) mass is 539 g/mol. The van der Waals surface area contributed by atoms with E-state index in [-0.39, 0.29) is 47.1 Å². The molecule has 4 atom stereocenters. The molecule has 2 aromatic rings. The van der Waals surface area contributed by atoms with E-state index in [1.54, 1.807) is 24.3 Å². The number of hydrogen-bond acceptors (Lipinski definition) is 6. The third kappa shape index (κ3) is 3.60. The van der Waals surface area contributed by atoms with E-state index in [2.05, 4.69) is 27.1 Å². The van der Waals surface area contributed by atoms with E-state index < -0.39 is 0 Å². The second-order valence-electron chi connectivity index (χ2n) is 8.42. The minimum absolute atomic E-state index is 0.121. The smallest absolute Gasteiger partial charge is 0.254 e. The molecule has 1 saturated carbocycles. The molecule has 2 aromatic carbocycles. The molecule has 3 aliphatic rings. The van der Waals surface area contributed by atoms with Crippen LogP contribution in [0, 0.1) is 35.0 Å². The first-order valence-corrected chi connectivity index (χ1v) is 11.9. The molecule has 34 heavy (non-hydrogen) atoms. The van der Waals surface area contributed by atoms with E-state index >= 15 is 0 Å². The van der Waals surface area contributed by atoms with Gasteiger partial charge in [0.2, 0.25) is 0 Å². The summed E-state index contributed by atoms with van der Waals surface area (Å²) in [4.78, 5) is 25.7.